The Labute approximate surface area is 156 Å². The van der Waals surface area contributed by atoms with E-state index in [0.717, 1.165) is 0 Å². The number of ether oxygens (including phenoxy) is 1. The molecule has 0 atom stereocenters. The average Bonchev–Trinajstić information content (AvgIpc) is 2.63. The van der Waals surface area contributed by atoms with Gasteiger partial charge in [-0.1, -0.05) is 12.1 Å². The van der Waals surface area contributed by atoms with E-state index >= 15 is 0 Å². The maximum atomic E-state index is 13.4. The van der Waals surface area contributed by atoms with Crippen molar-refractivity contribution in [3.05, 3.63) is 60.2 Å². The van der Waals surface area contributed by atoms with Crippen LogP contribution in [0, 0.1) is 11.6 Å². The summed E-state index contributed by atoms with van der Waals surface area (Å²) < 4.78 is 31.5. The quantitative estimate of drug-likeness (QED) is 0.702. The van der Waals surface area contributed by atoms with E-state index in [1.165, 1.54) is 36.4 Å². The van der Waals surface area contributed by atoms with Crippen molar-refractivity contribution >= 4 is 17.5 Å². The maximum absolute atomic E-state index is 13.4. The smallest absolute Gasteiger partial charge is 0.243 e. The molecule has 2 amide bonds. The van der Waals surface area contributed by atoms with Gasteiger partial charge in [-0.3, -0.25) is 14.5 Å². The Morgan fingerprint density at radius 2 is 1.74 bits per heavy atom. The number of hydrogen-bond donors (Lipinski definition) is 2. The summed E-state index contributed by atoms with van der Waals surface area (Å²) in [5.41, 5.74) is 0.443. The lowest BCUT2D eigenvalue weighted by Gasteiger charge is -2.16. The van der Waals surface area contributed by atoms with Crippen molar-refractivity contribution in [2.45, 2.75) is 0 Å². The number of hydrogen-bond acceptors (Lipinski definition) is 4. The molecule has 0 saturated carbocycles. The number of carbonyl (C=O) groups excluding carboxylic acids is 2. The van der Waals surface area contributed by atoms with Crippen LogP contribution in [-0.2, 0) is 9.59 Å². The van der Waals surface area contributed by atoms with E-state index < -0.39 is 17.5 Å². The van der Waals surface area contributed by atoms with Gasteiger partial charge in [0.25, 0.3) is 0 Å². The molecule has 0 aromatic heterocycles. The van der Waals surface area contributed by atoms with Gasteiger partial charge in [-0.25, -0.2) is 8.78 Å². The normalized spacial score (nSPS) is 10.5. The third kappa shape index (κ3) is 7.41. The van der Waals surface area contributed by atoms with Crippen molar-refractivity contribution in [1.82, 2.24) is 10.2 Å². The summed E-state index contributed by atoms with van der Waals surface area (Å²) in [6.45, 7) is 0.486. The third-order valence-electron chi connectivity index (χ3n) is 3.55. The minimum atomic E-state index is -0.440. The lowest BCUT2D eigenvalue weighted by Crippen LogP contribution is -2.40. The van der Waals surface area contributed by atoms with Crippen LogP contribution in [0.2, 0.25) is 0 Å². The van der Waals surface area contributed by atoms with E-state index in [1.54, 1.807) is 24.1 Å². The molecule has 0 spiro atoms. The van der Waals surface area contributed by atoms with Crippen LogP contribution in [0.1, 0.15) is 0 Å². The van der Waals surface area contributed by atoms with Crippen LogP contribution in [0.3, 0.4) is 0 Å². The molecule has 0 heterocycles. The van der Waals surface area contributed by atoms with Gasteiger partial charge in [0.15, 0.2) is 11.6 Å². The Kier molecular flexibility index (Phi) is 7.69. The number of likely N-dealkylation sites (N-methyl/N-ethyl adjacent to an activating group) is 1. The molecule has 144 valence electrons. The number of amides is 2. The minimum Gasteiger partial charge on any atom is -0.489 e. The molecule has 8 heteroatoms. The first-order chi connectivity index (χ1) is 12.9. The molecule has 0 aliphatic heterocycles. The molecule has 2 N–H and O–H groups in total. The van der Waals surface area contributed by atoms with Gasteiger partial charge >= 0.3 is 0 Å². The van der Waals surface area contributed by atoms with Crippen molar-refractivity contribution in [3.63, 3.8) is 0 Å². The second-order valence-electron chi connectivity index (χ2n) is 5.85. The van der Waals surface area contributed by atoms with Gasteiger partial charge in [0.05, 0.1) is 13.1 Å². The van der Waals surface area contributed by atoms with Crippen molar-refractivity contribution in [2.75, 3.05) is 38.6 Å². The molecule has 0 saturated heterocycles. The van der Waals surface area contributed by atoms with Gasteiger partial charge in [0, 0.05) is 12.2 Å². The third-order valence-corrected chi connectivity index (χ3v) is 3.55. The van der Waals surface area contributed by atoms with Crippen molar-refractivity contribution in [1.29, 1.82) is 0 Å². The summed E-state index contributed by atoms with van der Waals surface area (Å²) >= 11 is 0. The number of carbonyl (C=O) groups is 2. The molecule has 0 unspecified atom stereocenters. The van der Waals surface area contributed by atoms with Crippen LogP contribution in [0.5, 0.6) is 5.75 Å². The first-order valence-electron chi connectivity index (χ1n) is 8.32. The summed E-state index contributed by atoms with van der Waals surface area (Å²) in [7, 11) is 1.71. The van der Waals surface area contributed by atoms with Gasteiger partial charge in [-0.05, 0) is 43.4 Å². The van der Waals surface area contributed by atoms with Crippen molar-refractivity contribution in [2.24, 2.45) is 0 Å². The first kappa shape index (κ1) is 20.3. The standard InChI is InChI=1S/C19H21F2N3O3/c1-24(10-11-27-17-5-3-2-4-16(17)21)13-19(26)22-12-18(25)23-15-8-6-14(20)7-9-15/h2-9H,10-13H2,1H3,(H,22,26)(H,23,25). The summed E-state index contributed by atoms with van der Waals surface area (Å²) in [5.74, 6) is -1.43. The lowest BCUT2D eigenvalue weighted by atomic mass is 10.3. The molecule has 27 heavy (non-hydrogen) atoms. The van der Waals surface area contributed by atoms with Crippen LogP contribution in [0.15, 0.2) is 48.5 Å². The highest BCUT2D eigenvalue weighted by Gasteiger charge is 2.09. The van der Waals surface area contributed by atoms with E-state index in [2.05, 4.69) is 10.6 Å². The summed E-state index contributed by atoms with van der Waals surface area (Å²) in [5, 5.41) is 5.04. The minimum absolute atomic E-state index is 0.0600. The maximum Gasteiger partial charge on any atom is 0.243 e. The molecule has 0 fully saturated rings. The second kappa shape index (κ2) is 10.2. The Morgan fingerprint density at radius 1 is 1.04 bits per heavy atom. The van der Waals surface area contributed by atoms with Gasteiger partial charge in [0.2, 0.25) is 11.8 Å². The van der Waals surface area contributed by atoms with Crippen LogP contribution in [0.4, 0.5) is 14.5 Å². The van der Waals surface area contributed by atoms with E-state index in [9.17, 15) is 18.4 Å². The molecular formula is C19H21F2N3O3. The van der Waals surface area contributed by atoms with Crippen molar-refractivity contribution < 1.29 is 23.1 Å². The first-order valence-corrected chi connectivity index (χ1v) is 8.32. The Hall–Kier alpha value is -3.00. The van der Waals surface area contributed by atoms with E-state index in [0.29, 0.717) is 12.2 Å². The number of rotatable bonds is 9. The van der Waals surface area contributed by atoms with Crippen LogP contribution < -0.4 is 15.4 Å². The number of halogens is 2. The molecule has 6 nitrogen and oxygen atoms in total. The number of para-hydroxylation sites is 1. The zero-order chi connectivity index (χ0) is 19.6. The van der Waals surface area contributed by atoms with Crippen LogP contribution >= 0.6 is 0 Å². The van der Waals surface area contributed by atoms with Gasteiger partial charge < -0.3 is 15.4 Å². The van der Waals surface area contributed by atoms with E-state index in [1.807, 2.05) is 0 Å². The number of anilines is 1. The zero-order valence-electron chi connectivity index (χ0n) is 14.9. The monoisotopic (exact) mass is 377 g/mol. The largest absolute Gasteiger partial charge is 0.489 e. The molecule has 2 aromatic rings. The highest BCUT2D eigenvalue weighted by atomic mass is 19.1. The molecule has 2 rings (SSSR count). The Bertz CT molecular complexity index is 769. The predicted molar refractivity (Wildman–Crippen MR) is 97.4 cm³/mol. The van der Waals surface area contributed by atoms with E-state index in [-0.39, 0.29) is 31.4 Å². The van der Waals surface area contributed by atoms with Gasteiger partial charge in [0.1, 0.15) is 12.4 Å². The highest BCUT2D eigenvalue weighted by molar-refractivity contribution is 5.94. The average molecular weight is 377 g/mol. The number of nitrogens with zero attached hydrogens (tertiary/aromatic N) is 1. The SMILES string of the molecule is CN(CCOc1ccccc1F)CC(=O)NCC(=O)Nc1ccc(F)cc1. The zero-order valence-corrected chi connectivity index (χ0v) is 14.9. The Balaban J connectivity index is 1.63. The number of benzene rings is 2. The van der Waals surface area contributed by atoms with Crippen LogP contribution in [-0.4, -0.2) is 50.0 Å². The summed E-state index contributed by atoms with van der Waals surface area (Å²) in [4.78, 5) is 25.3. The summed E-state index contributed by atoms with van der Waals surface area (Å²) in [6.07, 6.45) is 0. The topological polar surface area (TPSA) is 70.7 Å². The molecule has 2 aromatic carbocycles. The highest BCUT2D eigenvalue weighted by Crippen LogP contribution is 2.14. The fraction of sp³-hybridized carbons (Fsp3) is 0.263. The predicted octanol–water partition coefficient (Wildman–Crippen LogP) is 2.03. The van der Waals surface area contributed by atoms with Gasteiger partial charge in [-0.15, -0.1) is 0 Å². The van der Waals surface area contributed by atoms with Crippen LogP contribution in [0.25, 0.3) is 0 Å². The lowest BCUT2D eigenvalue weighted by molar-refractivity contribution is -0.124. The molecular weight excluding hydrogens is 356 g/mol. The number of nitrogens with one attached hydrogen (secondary N) is 2. The fourth-order valence-electron chi connectivity index (χ4n) is 2.17. The molecule has 0 bridgehead atoms. The van der Waals surface area contributed by atoms with Crippen molar-refractivity contribution in [3.8, 4) is 5.75 Å². The summed E-state index contributed by atoms with van der Waals surface area (Å²) in [6, 6.07) is 11.4. The molecule has 0 aliphatic carbocycles. The fourth-order valence-corrected chi connectivity index (χ4v) is 2.17. The second-order valence-corrected chi connectivity index (χ2v) is 5.85. The van der Waals surface area contributed by atoms with Gasteiger partial charge in [-0.2, -0.15) is 0 Å². The Morgan fingerprint density at radius 3 is 2.44 bits per heavy atom. The van der Waals surface area contributed by atoms with E-state index in [4.69, 9.17) is 4.74 Å². The molecule has 0 aliphatic rings. The molecule has 0 radical (unpaired) electrons.